The predicted molar refractivity (Wildman–Crippen MR) is 92.7 cm³/mol. The highest BCUT2D eigenvalue weighted by Gasteiger charge is 2.33. The van der Waals surface area contributed by atoms with Crippen LogP contribution in [0.2, 0.25) is 0 Å². The van der Waals surface area contributed by atoms with Gasteiger partial charge in [-0.15, -0.1) is 11.8 Å². The number of carbonyl (C=O) groups is 3. The molecule has 1 fully saturated rings. The van der Waals surface area contributed by atoms with E-state index in [9.17, 15) is 14.4 Å². The zero-order valence-electron chi connectivity index (χ0n) is 13.7. The fourth-order valence-electron chi connectivity index (χ4n) is 2.45. The van der Waals surface area contributed by atoms with Gasteiger partial charge in [0, 0.05) is 18.7 Å². The van der Waals surface area contributed by atoms with Gasteiger partial charge in [0.05, 0.1) is 11.4 Å². The first-order valence-electron chi connectivity index (χ1n) is 8.00. The Kier molecular flexibility index (Phi) is 6.66. The van der Waals surface area contributed by atoms with E-state index in [2.05, 4.69) is 5.32 Å². The van der Waals surface area contributed by atoms with Gasteiger partial charge in [0.2, 0.25) is 11.8 Å². The van der Waals surface area contributed by atoms with Gasteiger partial charge < -0.3 is 15.3 Å². The van der Waals surface area contributed by atoms with Gasteiger partial charge in [0.25, 0.3) is 0 Å². The van der Waals surface area contributed by atoms with Crippen LogP contribution >= 0.6 is 11.8 Å². The van der Waals surface area contributed by atoms with Crippen LogP contribution in [0.5, 0.6) is 0 Å². The number of benzene rings is 1. The molecule has 130 valence electrons. The quantitative estimate of drug-likeness (QED) is 0.786. The summed E-state index contributed by atoms with van der Waals surface area (Å²) in [7, 11) is 0. The molecule has 1 heterocycles. The minimum Gasteiger partial charge on any atom is -0.478 e. The van der Waals surface area contributed by atoms with Crippen molar-refractivity contribution in [2.45, 2.75) is 38.8 Å². The van der Waals surface area contributed by atoms with Crippen LogP contribution < -0.4 is 5.32 Å². The third-order valence-corrected chi connectivity index (χ3v) is 4.93. The van der Waals surface area contributed by atoms with Crippen molar-refractivity contribution in [3.63, 3.8) is 0 Å². The van der Waals surface area contributed by atoms with Crippen LogP contribution in [0.1, 0.15) is 42.1 Å². The molecule has 1 aliphatic heterocycles. The second kappa shape index (κ2) is 8.73. The molecule has 24 heavy (non-hydrogen) atoms. The van der Waals surface area contributed by atoms with Crippen LogP contribution in [-0.2, 0) is 16.1 Å². The van der Waals surface area contributed by atoms with E-state index >= 15 is 0 Å². The summed E-state index contributed by atoms with van der Waals surface area (Å²) in [6.07, 6.45) is 2.28. The number of aromatic carboxylic acids is 1. The van der Waals surface area contributed by atoms with E-state index in [0.29, 0.717) is 24.6 Å². The first-order chi connectivity index (χ1) is 11.5. The summed E-state index contributed by atoms with van der Waals surface area (Å²) >= 11 is 1.59. The third kappa shape index (κ3) is 4.74. The van der Waals surface area contributed by atoms with Crippen molar-refractivity contribution in [2.75, 3.05) is 11.6 Å². The Morgan fingerprint density at radius 3 is 2.62 bits per heavy atom. The molecule has 2 rings (SSSR count). The maximum Gasteiger partial charge on any atom is 0.335 e. The molecule has 2 amide bonds. The van der Waals surface area contributed by atoms with Crippen molar-refractivity contribution in [1.29, 1.82) is 0 Å². The van der Waals surface area contributed by atoms with Crippen LogP contribution in [0.25, 0.3) is 0 Å². The Bertz CT molecular complexity index is 603. The molecule has 0 saturated carbocycles. The maximum absolute atomic E-state index is 12.4. The van der Waals surface area contributed by atoms with Gasteiger partial charge in [-0.25, -0.2) is 4.79 Å². The van der Waals surface area contributed by atoms with Gasteiger partial charge >= 0.3 is 5.97 Å². The zero-order chi connectivity index (χ0) is 17.5. The number of carboxylic acid groups (broad SMARTS) is 1. The third-order valence-electron chi connectivity index (χ3n) is 3.92. The van der Waals surface area contributed by atoms with E-state index < -0.39 is 12.0 Å². The molecule has 0 aliphatic carbocycles. The van der Waals surface area contributed by atoms with E-state index in [1.54, 1.807) is 28.8 Å². The molecule has 0 aromatic heterocycles. The Hall–Kier alpha value is -2.02. The molecule has 0 bridgehead atoms. The highest BCUT2D eigenvalue weighted by molar-refractivity contribution is 7.99. The molecule has 1 aliphatic rings. The Labute approximate surface area is 145 Å². The van der Waals surface area contributed by atoms with Crippen LogP contribution in [0.3, 0.4) is 0 Å². The van der Waals surface area contributed by atoms with E-state index in [-0.39, 0.29) is 17.4 Å². The summed E-state index contributed by atoms with van der Waals surface area (Å²) in [5, 5.41) is 11.7. The highest BCUT2D eigenvalue weighted by Crippen LogP contribution is 2.22. The molecule has 1 saturated heterocycles. The minimum atomic E-state index is -0.977. The van der Waals surface area contributed by atoms with Crippen molar-refractivity contribution in [3.8, 4) is 0 Å². The lowest BCUT2D eigenvalue weighted by molar-refractivity contribution is -0.138. The van der Waals surface area contributed by atoms with Gasteiger partial charge in [-0.1, -0.05) is 25.5 Å². The zero-order valence-corrected chi connectivity index (χ0v) is 14.5. The molecule has 2 N–H and O–H groups in total. The lowest BCUT2D eigenvalue weighted by Crippen LogP contribution is -2.47. The lowest BCUT2D eigenvalue weighted by atomic mass is 10.1. The van der Waals surface area contributed by atoms with Gasteiger partial charge in [-0.05, 0) is 24.1 Å². The number of amides is 2. The SMILES string of the molecule is CCCCC(=O)N1CSCC1C(=O)NCc1ccc(C(=O)O)cc1. The van der Waals surface area contributed by atoms with Gasteiger partial charge in [0.15, 0.2) is 0 Å². The monoisotopic (exact) mass is 350 g/mol. The number of carbonyl (C=O) groups excluding carboxylic acids is 2. The number of unbranched alkanes of at least 4 members (excludes halogenated alkanes) is 1. The highest BCUT2D eigenvalue weighted by atomic mass is 32.2. The summed E-state index contributed by atoms with van der Waals surface area (Å²) < 4.78 is 0. The van der Waals surface area contributed by atoms with E-state index in [1.807, 2.05) is 6.92 Å². The Balaban J connectivity index is 1.89. The molecule has 6 nitrogen and oxygen atoms in total. The number of nitrogens with one attached hydrogen (secondary N) is 1. The van der Waals surface area contributed by atoms with Crippen LogP contribution in [-0.4, -0.2) is 45.5 Å². The molecule has 1 aromatic rings. The van der Waals surface area contributed by atoms with Gasteiger partial charge in [0.1, 0.15) is 6.04 Å². The number of rotatable bonds is 7. The smallest absolute Gasteiger partial charge is 0.335 e. The van der Waals surface area contributed by atoms with Crippen molar-refractivity contribution >= 4 is 29.5 Å². The molecular formula is C17H22N2O4S. The molecule has 1 unspecified atom stereocenters. The van der Waals surface area contributed by atoms with Crippen molar-refractivity contribution in [3.05, 3.63) is 35.4 Å². The minimum absolute atomic E-state index is 0.0350. The maximum atomic E-state index is 12.4. The summed E-state index contributed by atoms with van der Waals surface area (Å²) in [4.78, 5) is 37.0. The fraction of sp³-hybridized carbons (Fsp3) is 0.471. The molecule has 7 heteroatoms. The Morgan fingerprint density at radius 1 is 1.29 bits per heavy atom. The predicted octanol–water partition coefficient (Wildman–Crippen LogP) is 2.09. The first kappa shape index (κ1) is 18.3. The van der Waals surface area contributed by atoms with Crippen LogP contribution in [0, 0.1) is 0 Å². The number of nitrogens with zero attached hydrogens (tertiary/aromatic N) is 1. The van der Waals surface area contributed by atoms with E-state index in [1.165, 1.54) is 12.1 Å². The van der Waals surface area contributed by atoms with Crippen molar-refractivity contribution in [1.82, 2.24) is 10.2 Å². The summed E-state index contributed by atoms with van der Waals surface area (Å²) in [5.41, 5.74) is 1.04. The average Bonchev–Trinajstić information content (AvgIpc) is 3.07. The first-order valence-corrected chi connectivity index (χ1v) is 9.15. The molecule has 0 spiro atoms. The van der Waals surface area contributed by atoms with E-state index in [4.69, 9.17) is 5.11 Å². The van der Waals surface area contributed by atoms with Crippen LogP contribution in [0.15, 0.2) is 24.3 Å². The molecule has 1 aromatic carbocycles. The largest absolute Gasteiger partial charge is 0.478 e. The average molecular weight is 350 g/mol. The topological polar surface area (TPSA) is 86.7 Å². The second-order valence-electron chi connectivity index (χ2n) is 5.70. The number of hydrogen-bond donors (Lipinski definition) is 2. The second-order valence-corrected chi connectivity index (χ2v) is 6.70. The van der Waals surface area contributed by atoms with Crippen LogP contribution in [0.4, 0.5) is 0 Å². The van der Waals surface area contributed by atoms with Gasteiger partial charge in [-0.3, -0.25) is 9.59 Å². The van der Waals surface area contributed by atoms with Crippen molar-refractivity contribution < 1.29 is 19.5 Å². The number of carboxylic acids is 1. The number of hydrogen-bond acceptors (Lipinski definition) is 4. The molecular weight excluding hydrogens is 328 g/mol. The van der Waals surface area contributed by atoms with Crippen molar-refractivity contribution in [2.24, 2.45) is 0 Å². The molecule has 1 atom stereocenters. The molecule has 0 radical (unpaired) electrons. The summed E-state index contributed by atoms with van der Waals surface area (Å²) in [5.74, 6) is 0.0741. The lowest BCUT2D eigenvalue weighted by Gasteiger charge is -2.23. The standard InChI is InChI=1S/C17H22N2O4S/c1-2-3-4-15(20)19-11-24-10-14(19)16(21)18-9-12-5-7-13(8-6-12)17(22)23/h5-8,14H,2-4,9-11H2,1H3,(H,18,21)(H,22,23). The Morgan fingerprint density at radius 2 is 2.00 bits per heavy atom. The normalized spacial score (nSPS) is 16.9. The summed E-state index contributed by atoms with van der Waals surface area (Å²) in [6, 6.07) is 5.96. The fourth-order valence-corrected chi connectivity index (χ4v) is 3.63. The van der Waals surface area contributed by atoms with Gasteiger partial charge in [-0.2, -0.15) is 0 Å². The van der Waals surface area contributed by atoms with E-state index in [0.717, 1.165) is 18.4 Å². The number of thioether (sulfide) groups is 1. The summed E-state index contributed by atoms with van der Waals surface area (Å²) in [6.45, 7) is 2.35.